The maximum Gasteiger partial charge on any atom is 0.0973 e. The van der Waals surface area contributed by atoms with Gasteiger partial charge in [-0.05, 0) is 0 Å². The van der Waals surface area contributed by atoms with Crippen LogP contribution in [0, 0.1) is 0 Å². The predicted molar refractivity (Wildman–Crippen MR) is 14.4 cm³/mol. The van der Waals surface area contributed by atoms with Crippen molar-refractivity contribution in [2.45, 2.75) is 6.82 Å². The van der Waals surface area contributed by atoms with Crippen LogP contribution in [0.25, 0.3) is 0 Å². The van der Waals surface area contributed by atoms with Gasteiger partial charge in [-0.1, -0.05) is 6.82 Å². The van der Waals surface area contributed by atoms with E-state index in [1.54, 1.807) is 0 Å². The molecule has 0 heterocycles. The third kappa shape index (κ3) is 10.5. The Morgan fingerprint density at radius 1 is 1.25 bits per heavy atom. The fourth-order valence-electron chi connectivity index (χ4n) is 0. The van der Waals surface area contributed by atoms with Crippen LogP contribution in [0.4, 0.5) is 0 Å². The SMILES string of the molecule is BC.[Co].[W]. The van der Waals surface area contributed by atoms with Crippen LogP contribution in [0.2, 0.25) is 6.82 Å². The Labute approximate surface area is 52.6 Å². The Balaban J connectivity index is -0.00000000500. The summed E-state index contributed by atoms with van der Waals surface area (Å²) in [5.41, 5.74) is 0. The van der Waals surface area contributed by atoms with Gasteiger partial charge in [-0.15, -0.1) is 0 Å². The van der Waals surface area contributed by atoms with Crippen LogP contribution < -0.4 is 0 Å². The molecule has 27 valence electrons. The summed E-state index contributed by atoms with van der Waals surface area (Å²) < 4.78 is 0. The maximum absolute atomic E-state index is 2.00. The fraction of sp³-hybridized carbons (Fsp3) is 1.00. The van der Waals surface area contributed by atoms with Crippen molar-refractivity contribution >= 4 is 7.85 Å². The van der Waals surface area contributed by atoms with Gasteiger partial charge in [0.2, 0.25) is 0 Å². The summed E-state index contributed by atoms with van der Waals surface area (Å²) >= 11 is 0. The van der Waals surface area contributed by atoms with Crippen molar-refractivity contribution in [3.05, 3.63) is 0 Å². The molecule has 0 fully saturated rings. The molecule has 1 radical (unpaired) electrons. The van der Waals surface area contributed by atoms with Gasteiger partial charge in [0.05, 0.1) is 7.85 Å². The van der Waals surface area contributed by atoms with E-state index in [9.17, 15) is 0 Å². The van der Waals surface area contributed by atoms with Crippen molar-refractivity contribution in [2.75, 3.05) is 0 Å². The molecule has 0 rings (SSSR count). The van der Waals surface area contributed by atoms with E-state index in [0.29, 0.717) is 0 Å². The Hall–Kier alpha value is 1.26. The average molecular weight is 271 g/mol. The monoisotopic (exact) mass is 271 g/mol. The van der Waals surface area contributed by atoms with Gasteiger partial charge in [-0.2, -0.15) is 0 Å². The van der Waals surface area contributed by atoms with Crippen molar-refractivity contribution in [2.24, 2.45) is 0 Å². The average Bonchev–Trinajstić information content (AvgIpc) is 1.00. The van der Waals surface area contributed by atoms with E-state index >= 15 is 0 Å². The Bertz CT molecular complexity index is 8.00. The van der Waals surface area contributed by atoms with Gasteiger partial charge < -0.3 is 0 Å². The predicted octanol–water partition coefficient (Wildman–Crippen LogP) is -0.337. The number of hydrogen-bond acceptors (Lipinski definition) is 0. The minimum Gasteiger partial charge on any atom is -0.0927 e. The van der Waals surface area contributed by atoms with E-state index in [2.05, 4.69) is 0 Å². The molecule has 0 aliphatic rings. The van der Waals surface area contributed by atoms with Gasteiger partial charge >= 0.3 is 0 Å². The minimum atomic E-state index is 0. The molecule has 0 atom stereocenters. The second-order valence-corrected chi connectivity index (χ2v) is 0. The normalized spacial score (nSPS) is 1.25. The van der Waals surface area contributed by atoms with Crippen molar-refractivity contribution in [3.8, 4) is 0 Å². The molecule has 4 heavy (non-hydrogen) atoms. The van der Waals surface area contributed by atoms with E-state index < -0.39 is 0 Å². The first-order chi connectivity index (χ1) is 1.00. The summed E-state index contributed by atoms with van der Waals surface area (Å²) in [6.07, 6.45) is 0. The van der Waals surface area contributed by atoms with Crippen molar-refractivity contribution < 1.29 is 37.8 Å². The van der Waals surface area contributed by atoms with Crippen LogP contribution in [0.1, 0.15) is 0 Å². The zero-order valence-corrected chi connectivity index (χ0v) is 6.72. The number of rotatable bonds is 0. The van der Waals surface area contributed by atoms with Gasteiger partial charge in [-0.3, -0.25) is 0 Å². The first kappa shape index (κ1) is 18.7. The molecule has 0 N–H and O–H groups in total. The van der Waals surface area contributed by atoms with Crippen LogP contribution in [0.5, 0.6) is 0 Å². The molecule has 0 aromatic heterocycles. The molecule has 0 amide bonds. The van der Waals surface area contributed by atoms with Crippen LogP contribution in [0.3, 0.4) is 0 Å². The van der Waals surface area contributed by atoms with Crippen molar-refractivity contribution in [1.29, 1.82) is 0 Å². The van der Waals surface area contributed by atoms with E-state index in [0.717, 1.165) is 0 Å². The quantitative estimate of drug-likeness (QED) is 0.529. The molecule has 0 aliphatic heterocycles. The fourth-order valence-corrected chi connectivity index (χ4v) is 0. The zero-order valence-electron chi connectivity index (χ0n) is 2.74. The molecule has 0 bridgehead atoms. The second kappa shape index (κ2) is 28.5. The largest absolute Gasteiger partial charge is 0.0973 e. The van der Waals surface area contributed by atoms with Gasteiger partial charge in [-0.25, -0.2) is 0 Å². The first-order valence-electron chi connectivity index (χ1n) is 1.00. The smallest absolute Gasteiger partial charge is 0.0927 e. The van der Waals surface area contributed by atoms with E-state index in [1.807, 2.05) is 14.7 Å². The summed E-state index contributed by atoms with van der Waals surface area (Å²) in [5, 5.41) is 0. The summed E-state index contributed by atoms with van der Waals surface area (Å²) in [6.45, 7) is 2.00. The van der Waals surface area contributed by atoms with Gasteiger partial charge in [0.15, 0.2) is 0 Å². The first-order valence-corrected chi connectivity index (χ1v) is 1.00. The molecule has 0 saturated heterocycles. The van der Waals surface area contributed by atoms with Crippen molar-refractivity contribution in [1.82, 2.24) is 0 Å². The molecule has 0 unspecified atom stereocenters. The van der Waals surface area contributed by atoms with Gasteiger partial charge in [0.25, 0.3) is 0 Å². The zero-order chi connectivity index (χ0) is 2.00. The summed E-state index contributed by atoms with van der Waals surface area (Å²) in [7, 11) is 2.00. The second-order valence-electron chi connectivity index (χ2n) is 0. The molecular formula is CH5BCoW. The molecule has 0 spiro atoms. The van der Waals surface area contributed by atoms with Crippen LogP contribution in [0.15, 0.2) is 0 Å². The summed E-state index contributed by atoms with van der Waals surface area (Å²) in [6, 6.07) is 0. The molecule has 0 aromatic carbocycles. The third-order valence-corrected chi connectivity index (χ3v) is 0. The molecule has 0 aromatic rings. The van der Waals surface area contributed by atoms with Gasteiger partial charge in [0.1, 0.15) is 0 Å². The van der Waals surface area contributed by atoms with Crippen LogP contribution in [-0.2, 0) is 37.8 Å². The van der Waals surface area contributed by atoms with E-state index in [-0.39, 0.29) is 37.8 Å². The Morgan fingerprint density at radius 2 is 1.25 bits per heavy atom. The molecule has 3 heteroatoms. The minimum absolute atomic E-state index is 0. The standard InChI is InChI=1S/CH5B.Co.W/c1-2;;/h2H2,1H3;;. The van der Waals surface area contributed by atoms with Crippen LogP contribution >= 0.6 is 0 Å². The summed E-state index contributed by atoms with van der Waals surface area (Å²) in [5.74, 6) is 0. The van der Waals surface area contributed by atoms with Crippen molar-refractivity contribution in [3.63, 3.8) is 0 Å². The van der Waals surface area contributed by atoms with Gasteiger partial charge in [0, 0.05) is 37.8 Å². The molecule has 0 saturated carbocycles. The topological polar surface area (TPSA) is 0 Å². The van der Waals surface area contributed by atoms with E-state index in [1.165, 1.54) is 0 Å². The molecule has 0 nitrogen and oxygen atoms in total. The van der Waals surface area contributed by atoms with E-state index in [4.69, 9.17) is 0 Å². The Morgan fingerprint density at radius 3 is 1.25 bits per heavy atom. The van der Waals surface area contributed by atoms with Crippen LogP contribution in [-0.4, -0.2) is 7.85 Å². The molecule has 0 aliphatic carbocycles. The summed E-state index contributed by atoms with van der Waals surface area (Å²) in [4.78, 5) is 0. The molecular weight excluding hydrogens is 266 g/mol. The number of hydrogen-bond donors (Lipinski definition) is 0. The maximum atomic E-state index is 2.00. The third-order valence-electron chi connectivity index (χ3n) is 0. The Kier molecular flexibility index (Phi) is 133.